The predicted molar refractivity (Wildman–Crippen MR) is 84.6 cm³/mol. The van der Waals surface area contributed by atoms with Crippen LogP contribution >= 0.6 is 0 Å². The van der Waals surface area contributed by atoms with Gasteiger partial charge in [0, 0.05) is 6.54 Å². The van der Waals surface area contributed by atoms with Gasteiger partial charge < -0.3 is 16.2 Å². The average Bonchev–Trinajstić information content (AvgIpc) is 2.33. The minimum Gasteiger partial charge on any atom is -0.388 e. The van der Waals surface area contributed by atoms with Gasteiger partial charge in [-0.3, -0.25) is 14.3 Å². The molecule has 0 bridgehead atoms. The van der Waals surface area contributed by atoms with Gasteiger partial charge in [-0.15, -0.1) is 0 Å². The number of anilines is 2. The monoisotopic (exact) mass is 298 g/mol. The summed E-state index contributed by atoms with van der Waals surface area (Å²) < 4.78 is 1.34. The van der Waals surface area contributed by atoms with Gasteiger partial charge in [0.1, 0.15) is 11.5 Å². The van der Waals surface area contributed by atoms with Crippen molar-refractivity contribution >= 4 is 11.5 Å². The number of hydrogen-bond acceptors (Lipinski definition) is 5. The lowest BCUT2D eigenvalue weighted by Gasteiger charge is -2.38. The van der Waals surface area contributed by atoms with E-state index in [-0.39, 0.29) is 11.5 Å². The van der Waals surface area contributed by atoms with Crippen molar-refractivity contribution in [2.24, 2.45) is 0 Å². The third kappa shape index (κ3) is 3.66. The Hall–Kier alpha value is -1.76. The van der Waals surface area contributed by atoms with Crippen molar-refractivity contribution in [2.75, 3.05) is 11.1 Å². The van der Waals surface area contributed by atoms with Gasteiger partial charge in [-0.25, -0.2) is 4.79 Å². The van der Waals surface area contributed by atoms with Crippen molar-refractivity contribution < 1.29 is 5.11 Å². The van der Waals surface area contributed by atoms with E-state index in [2.05, 4.69) is 10.3 Å². The van der Waals surface area contributed by atoms with Gasteiger partial charge in [0.25, 0.3) is 5.56 Å². The molecule has 0 atom stereocenters. The fraction of sp³-hybridized carbons (Fsp3) is 0.714. The summed E-state index contributed by atoms with van der Waals surface area (Å²) in [5.74, 6) is 0.0922. The maximum absolute atomic E-state index is 12.0. The summed E-state index contributed by atoms with van der Waals surface area (Å²) in [7, 11) is 0. The summed E-state index contributed by atoms with van der Waals surface area (Å²) in [5, 5.41) is 13.1. The van der Waals surface area contributed by atoms with E-state index in [0.717, 1.165) is 12.8 Å². The maximum Gasteiger partial charge on any atom is 0.330 e. The number of nitrogen functional groups attached to an aromatic ring is 1. The zero-order valence-electron chi connectivity index (χ0n) is 13.4. The first-order chi connectivity index (χ1) is 9.51. The van der Waals surface area contributed by atoms with Gasteiger partial charge in [0.15, 0.2) is 0 Å². The summed E-state index contributed by atoms with van der Waals surface area (Å²) in [6.07, 6.45) is 1.69. The molecule has 1 rings (SSSR count). The first kappa shape index (κ1) is 17.3. The molecule has 7 heteroatoms. The molecule has 0 radical (unpaired) electrons. The van der Waals surface area contributed by atoms with E-state index >= 15 is 0 Å². The van der Waals surface area contributed by atoms with Crippen molar-refractivity contribution in [2.45, 2.75) is 65.1 Å². The van der Waals surface area contributed by atoms with Crippen LogP contribution in [0.5, 0.6) is 0 Å². The highest BCUT2D eigenvalue weighted by Crippen LogP contribution is 2.26. The quantitative estimate of drug-likeness (QED) is 0.622. The Morgan fingerprint density at radius 1 is 1.29 bits per heavy atom. The van der Waals surface area contributed by atoms with Gasteiger partial charge >= 0.3 is 5.69 Å². The summed E-state index contributed by atoms with van der Waals surface area (Å²) >= 11 is 0. The summed E-state index contributed by atoms with van der Waals surface area (Å²) in [6.45, 7) is 9.23. The van der Waals surface area contributed by atoms with Gasteiger partial charge in [-0.1, -0.05) is 13.3 Å². The van der Waals surface area contributed by atoms with Crippen LogP contribution in [0.2, 0.25) is 0 Å². The molecular formula is C14H26N4O3. The number of rotatable bonds is 6. The van der Waals surface area contributed by atoms with Gasteiger partial charge in [0.05, 0.1) is 11.1 Å². The van der Waals surface area contributed by atoms with Crippen LogP contribution < -0.4 is 22.3 Å². The van der Waals surface area contributed by atoms with E-state index in [4.69, 9.17) is 5.73 Å². The smallest absolute Gasteiger partial charge is 0.330 e. The van der Waals surface area contributed by atoms with Crippen LogP contribution in [-0.4, -0.2) is 25.8 Å². The lowest BCUT2D eigenvalue weighted by atomic mass is 9.86. The van der Waals surface area contributed by atoms with Crippen LogP contribution in [0, 0.1) is 0 Å². The normalized spacial score (nSPS) is 12.5. The number of nitrogens with one attached hydrogen (secondary N) is 2. The van der Waals surface area contributed by atoms with E-state index in [1.54, 1.807) is 27.7 Å². The lowest BCUT2D eigenvalue weighted by Crippen LogP contribution is -2.52. The maximum atomic E-state index is 12.0. The second-order valence-electron chi connectivity index (χ2n) is 6.33. The minimum atomic E-state index is -1.09. The van der Waals surface area contributed by atoms with Crippen molar-refractivity contribution in [1.29, 1.82) is 0 Å². The first-order valence-corrected chi connectivity index (χ1v) is 7.14. The number of aliphatic hydroxyl groups is 1. The fourth-order valence-corrected chi connectivity index (χ4v) is 1.71. The first-order valence-electron chi connectivity index (χ1n) is 7.14. The Labute approximate surface area is 124 Å². The number of unbranched alkanes of at least 4 members (excludes halogenated alkanes) is 1. The van der Waals surface area contributed by atoms with Crippen LogP contribution in [0.3, 0.4) is 0 Å². The number of hydrogen-bond donors (Lipinski definition) is 4. The summed E-state index contributed by atoms with van der Waals surface area (Å²) in [4.78, 5) is 26.1. The molecule has 0 fully saturated rings. The highest BCUT2D eigenvalue weighted by molar-refractivity contribution is 5.61. The van der Waals surface area contributed by atoms with Crippen molar-refractivity contribution in [3.63, 3.8) is 0 Å². The highest BCUT2D eigenvalue weighted by Gasteiger charge is 2.36. The Kier molecular flexibility index (Phi) is 4.88. The molecule has 21 heavy (non-hydrogen) atoms. The molecule has 120 valence electrons. The molecule has 1 aromatic rings. The van der Waals surface area contributed by atoms with Crippen LogP contribution in [0.25, 0.3) is 0 Å². The summed E-state index contributed by atoms with van der Waals surface area (Å²) in [5.41, 5.74) is 3.10. The van der Waals surface area contributed by atoms with Crippen molar-refractivity contribution in [1.82, 2.24) is 9.55 Å². The lowest BCUT2D eigenvalue weighted by molar-refractivity contribution is 0.0240. The van der Waals surface area contributed by atoms with Crippen LogP contribution in [0.15, 0.2) is 9.59 Å². The molecule has 0 saturated heterocycles. The second-order valence-corrected chi connectivity index (χ2v) is 6.33. The number of aromatic amines is 1. The zero-order chi connectivity index (χ0) is 16.4. The van der Waals surface area contributed by atoms with Crippen LogP contribution in [-0.2, 0) is 6.54 Å². The Bertz CT molecular complexity index is 608. The molecule has 0 unspecified atom stereocenters. The highest BCUT2D eigenvalue weighted by atomic mass is 16.3. The second kappa shape index (κ2) is 5.93. The van der Waals surface area contributed by atoms with E-state index in [9.17, 15) is 14.7 Å². The molecule has 0 aliphatic carbocycles. The molecular weight excluding hydrogens is 272 g/mol. The fourth-order valence-electron chi connectivity index (χ4n) is 1.71. The third-order valence-electron chi connectivity index (χ3n) is 3.94. The molecule has 0 aromatic carbocycles. The van der Waals surface area contributed by atoms with E-state index in [1.807, 2.05) is 6.92 Å². The van der Waals surface area contributed by atoms with Crippen LogP contribution in [0.4, 0.5) is 11.5 Å². The molecule has 0 amide bonds. The van der Waals surface area contributed by atoms with Gasteiger partial charge in [0.2, 0.25) is 0 Å². The molecule has 0 spiro atoms. The predicted octanol–water partition coefficient (Wildman–Crippen LogP) is 0.880. The Morgan fingerprint density at radius 3 is 2.33 bits per heavy atom. The van der Waals surface area contributed by atoms with Gasteiger partial charge in [-0.2, -0.15) is 0 Å². The molecule has 0 aliphatic heterocycles. The number of nitrogens with zero attached hydrogens (tertiary/aromatic N) is 1. The number of aromatic nitrogens is 2. The van der Waals surface area contributed by atoms with Gasteiger partial charge in [-0.05, 0) is 34.1 Å². The topological polar surface area (TPSA) is 113 Å². The van der Waals surface area contributed by atoms with Crippen molar-refractivity contribution in [3.8, 4) is 0 Å². The van der Waals surface area contributed by atoms with E-state index in [1.165, 1.54) is 4.57 Å². The minimum absolute atomic E-state index is 0.0922. The number of H-pyrrole nitrogens is 1. The Morgan fingerprint density at radius 2 is 1.86 bits per heavy atom. The molecule has 0 aliphatic rings. The number of nitrogens with two attached hydrogens (primary N) is 1. The average molecular weight is 298 g/mol. The summed E-state index contributed by atoms with van der Waals surface area (Å²) in [6, 6.07) is 0. The SMILES string of the molecule is CCCCn1c(N)c(NC(C)(C)C(C)(C)O)c(=O)[nH]c1=O. The zero-order valence-corrected chi connectivity index (χ0v) is 13.4. The largest absolute Gasteiger partial charge is 0.388 e. The van der Waals surface area contributed by atoms with Crippen molar-refractivity contribution in [3.05, 3.63) is 20.8 Å². The van der Waals surface area contributed by atoms with Crippen LogP contribution in [0.1, 0.15) is 47.5 Å². The molecule has 7 nitrogen and oxygen atoms in total. The molecule has 0 saturated carbocycles. The molecule has 1 aromatic heterocycles. The standard InChI is InChI=1S/C14H26N4O3/c1-6-7-8-18-10(15)9(11(19)16-12(18)20)17-13(2,3)14(4,5)21/h17,21H,6-8,15H2,1-5H3,(H,16,19,20). The Balaban J connectivity index is 3.31. The third-order valence-corrected chi connectivity index (χ3v) is 3.94. The van der Waals surface area contributed by atoms with E-state index in [0.29, 0.717) is 6.54 Å². The molecule has 1 heterocycles. The van der Waals surface area contributed by atoms with E-state index < -0.39 is 22.4 Å². The molecule has 5 N–H and O–H groups in total.